The third-order valence-electron chi connectivity index (χ3n) is 27.4. The lowest BCUT2D eigenvalue weighted by atomic mass is 9.33. The van der Waals surface area contributed by atoms with Crippen molar-refractivity contribution in [3.63, 3.8) is 0 Å². The highest BCUT2D eigenvalue weighted by Crippen LogP contribution is 2.62. The van der Waals surface area contributed by atoms with Crippen LogP contribution < -0.4 is 36.0 Å². The van der Waals surface area contributed by atoms with E-state index in [1.807, 2.05) is 187 Å². The molecule has 0 saturated heterocycles. The van der Waals surface area contributed by atoms with Crippen molar-refractivity contribution >= 4 is 206 Å². The van der Waals surface area contributed by atoms with Crippen LogP contribution in [-0.4, -0.2) is 26.3 Å². The minimum atomic E-state index is -1.48. The smallest absolute Gasteiger partial charge is 0.252 e. The Bertz CT molecular complexity index is 9750. The number of furan rings is 2. The van der Waals surface area contributed by atoms with Gasteiger partial charge in [-0.1, -0.05) is 302 Å². The first-order valence-corrected chi connectivity index (χ1v) is 45.0. The summed E-state index contributed by atoms with van der Waals surface area (Å²) in [5.41, 5.74) is 18.9. The molecule has 626 valence electrons. The average Bonchev–Trinajstić information content (AvgIpc) is 1.44. The summed E-state index contributed by atoms with van der Waals surface area (Å²) in [6.45, 7) is 12.3. The molecule has 0 bridgehead atoms. The third kappa shape index (κ3) is 11.0. The Kier molecular flexibility index (Phi) is 13.6. The molecule has 132 heavy (non-hydrogen) atoms. The minimum absolute atomic E-state index is 0.000882. The van der Waals surface area contributed by atoms with Crippen LogP contribution in [-0.2, 0) is 17.2 Å². The molecule has 0 spiro atoms. The maximum Gasteiger partial charge on any atom is 0.252 e. The van der Waals surface area contributed by atoms with Gasteiger partial charge in [0.1, 0.15) is 22.3 Å². The maximum absolute atomic E-state index is 11.1. The molecule has 0 radical (unpaired) electrons. The summed E-state index contributed by atoms with van der Waals surface area (Å²) in [5.74, 6) is 0. The van der Waals surface area contributed by atoms with Crippen molar-refractivity contribution in [3.05, 3.63) is 422 Å². The van der Waals surface area contributed by atoms with Gasteiger partial charge in [-0.3, -0.25) is 0 Å². The van der Waals surface area contributed by atoms with Crippen LogP contribution >= 0.6 is 0 Å². The van der Waals surface area contributed by atoms with Gasteiger partial charge in [0.25, 0.3) is 6.71 Å². The van der Waals surface area contributed by atoms with Gasteiger partial charge in [-0.05, 0) is 196 Å². The number of anilines is 11. The van der Waals surface area contributed by atoms with E-state index in [1.165, 1.54) is 0 Å². The van der Waals surface area contributed by atoms with Gasteiger partial charge in [0, 0.05) is 129 Å². The molecule has 2 unspecified atom stereocenters. The van der Waals surface area contributed by atoms with Gasteiger partial charge in [0.15, 0.2) is 0 Å². The number of aromatic nitrogens is 3. The molecule has 9 nitrogen and oxygen atoms in total. The second-order valence-electron chi connectivity index (χ2n) is 36.9. The lowest BCUT2D eigenvalue weighted by molar-refractivity contribution is 0.572. The Hall–Kier alpha value is -16.3. The fourth-order valence-corrected chi connectivity index (χ4v) is 21.9. The van der Waals surface area contributed by atoms with E-state index >= 15 is 0 Å². The molecular weight excluding hydrogens is 1610 g/mol. The summed E-state index contributed by atoms with van der Waals surface area (Å²) in [6.07, 6.45) is -1.48. The zero-order valence-corrected chi connectivity index (χ0v) is 72.9. The Morgan fingerprint density at radius 1 is 0.371 bits per heavy atom. The van der Waals surface area contributed by atoms with Gasteiger partial charge < -0.3 is 42.0 Å². The van der Waals surface area contributed by atoms with Crippen molar-refractivity contribution in [2.45, 2.75) is 64.8 Å². The Morgan fingerprint density at radius 3 is 1.30 bits per heavy atom. The number of para-hydroxylation sites is 10. The molecule has 2 aliphatic heterocycles. The number of hydrogen-bond acceptors (Lipinski definition) is 6. The number of hydrogen-bond donors (Lipinski definition) is 0. The van der Waals surface area contributed by atoms with Crippen LogP contribution in [0.25, 0.3) is 154 Å². The van der Waals surface area contributed by atoms with Crippen molar-refractivity contribution in [2.24, 2.45) is 0 Å². The predicted molar refractivity (Wildman–Crippen MR) is 555 cm³/mol. The second-order valence-corrected chi connectivity index (χ2v) is 36.9. The van der Waals surface area contributed by atoms with Crippen molar-refractivity contribution in [2.75, 3.05) is 19.6 Å². The standard InChI is InChI=1S/C122H88BN7O2/c1-121(2,3)95-73-91(75-37-13-7-14-38-75)114(111-89-53-29-35-59-107(89)131-119(95)111)129-105-71-83(126-99-55-31-25-49-85(99)93-69-81(63-67-103(93)126)124(77-41-17-9-18-42-77)78-43-19-10-20-44-78)61-65-97(105)123-98-66-62-84(127-100-56-32-26-50-86(100)94-70-82(64-68-104(94)127)125(79-45-21-11-22-46-79)80-47-23-12-24-48-80)72-106(98)130(118-110-88-52-28-34-58-102(88)128-101-57-33-27-51-87(101)109(116(110)128)117(129)113(118)123)115-92(76-39-15-8-16-40-76)74-96(122(4,5)6)120-112(115)90-54-30-36-60-108(90)132-120/h7-69,71-74,82H,70H2,1-6H3/i25D,26D,31D,32D,49D,50D,55D,56D,63D,64D,67D,68D,69D,70D. The van der Waals surface area contributed by atoms with E-state index in [-0.39, 0.29) is 79.9 Å². The van der Waals surface area contributed by atoms with Crippen LogP contribution in [0.5, 0.6) is 0 Å². The van der Waals surface area contributed by atoms with Crippen molar-refractivity contribution in [3.8, 4) is 33.6 Å². The molecular formula is C122H88BN7O2. The molecule has 0 saturated carbocycles. The second kappa shape index (κ2) is 28.6. The van der Waals surface area contributed by atoms with Crippen molar-refractivity contribution in [1.29, 1.82) is 0 Å². The van der Waals surface area contributed by atoms with E-state index in [0.29, 0.717) is 73.5 Å². The average molecular weight is 1710 g/mol. The molecule has 0 amide bonds. The molecule has 8 heterocycles. The first-order chi connectivity index (χ1) is 70.7. The predicted octanol–water partition coefficient (Wildman–Crippen LogP) is 30.9. The summed E-state index contributed by atoms with van der Waals surface area (Å²) in [4.78, 5) is 8.54. The highest BCUT2D eigenvalue weighted by Gasteiger charge is 2.50. The molecule has 18 aromatic carbocycles. The molecule has 10 heteroatoms. The highest BCUT2D eigenvalue weighted by molar-refractivity contribution is 7.01. The fraction of sp³-hybridized carbons (Fsp3) is 0.0820. The first-order valence-electron chi connectivity index (χ1n) is 52.1. The maximum atomic E-state index is 11.1. The molecule has 24 aromatic rings. The van der Waals surface area contributed by atoms with Gasteiger partial charge in [-0.25, -0.2) is 0 Å². The van der Waals surface area contributed by atoms with Crippen LogP contribution in [0.4, 0.5) is 62.6 Å². The van der Waals surface area contributed by atoms with Gasteiger partial charge in [0.2, 0.25) is 0 Å². The normalized spacial score (nSPS) is 16.0. The van der Waals surface area contributed by atoms with Gasteiger partial charge in [0.05, 0.1) is 90.5 Å². The van der Waals surface area contributed by atoms with Gasteiger partial charge >= 0.3 is 0 Å². The Balaban J connectivity index is 0.863. The van der Waals surface area contributed by atoms with Crippen molar-refractivity contribution < 1.29 is 28.0 Å². The summed E-state index contributed by atoms with van der Waals surface area (Å²) in [7, 11) is 0. The number of fused-ring (bicyclic) bond motifs is 24. The SMILES string of the molecule is [2H]C1=C([2H])C(N(c2ccccc2)c2ccccc2)C([2H])c2c1n(-c1ccc3c(c1)N(c1c(-c4ccccc4)cc(C(C)(C)C)c4oc5ccccc5c14)c1c4c(c5c6ccccc6n6c7ccccc7c1c56)N(c1c(-c5ccccc5)cc(C(C)(C)C)c5oc6ccccc6c15)c1cc(-n5c6c([2H])c([2H])c([2H])c([2H])c6c6c([2H])c(N(c7ccccc7)c7ccccc7)c([2H])c([2H])c65)ccc1B34)c1c([2H])c([2H])c([2H])c([2H])c21. The quantitative estimate of drug-likeness (QED) is 0.114. The molecule has 1 aliphatic carbocycles. The van der Waals surface area contributed by atoms with Crippen LogP contribution in [0.15, 0.2) is 409 Å². The topological polar surface area (TPSA) is 53.5 Å². The zero-order chi connectivity index (χ0) is 99.9. The Morgan fingerprint density at radius 2 is 0.795 bits per heavy atom. The lowest BCUT2D eigenvalue weighted by Crippen LogP contribution is -2.61. The fourth-order valence-electron chi connectivity index (χ4n) is 21.9. The molecule has 0 N–H and O–H groups in total. The first kappa shape index (κ1) is 62.8. The van der Waals surface area contributed by atoms with Gasteiger partial charge in [-0.2, -0.15) is 0 Å². The van der Waals surface area contributed by atoms with Crippen LogP contribution in [0.3, 0.4) is 0 Å². The number of rotatable bonds is 12. The molecule has 27 rings (SSSR count). The van der Waals surface area contributed by atoms with E-state index in [2.05, 4.69) is 201 Å². The highest BCUT2D eigenvalue weighted by atomic mass is 16.3. The van der Waals surface area contributed by atoms with E-state index in [9.17, 15) is 19.2 Å². The van der Waals surface area contributed by atoms with Crippen LogP contribution in [0, 0.1) is 0 Å². The summed E-state index contributed by atoms with van der Waals surface area (Å²) in [5, 5.41) is 6.77. The minimum Gasteiger partial charge on any atom is -0.456 e. The molecule has 3 aliphatic rings. The van der Waals surface area contributed by atoms with Crippen molar-refractivity contribution in [1.82, 2.24) is 13.5 Å². The molecule has 0 fully saturated rings. The zero-order valence-electron chi connectivity index (χ0n) is 86.9. The van der Waals surface area contributed by atoms with E-state index in [1.54, 1.807) is 14.0 Å². The summed E-state index contributed by atoms with van der Waals surface area (Å²) in [6, 6.07) is 102. The summed E-state index contributed by atoms with van der Waals surface area (Å²) < 4.78 is 167. The number of nitrogens with zero attached hydrogens (tertiary/aromatic N) is 7. The van der Waals surface area contributed by atoms with Crippen LogP contribution in [0.1, 0.15) is 83.1 Å². The molecule has 6 aromatic heterocycles. The van der Waals surface area contributed by atoms with E-state index in [4.69, 9.17) is 8.83 Å². The third-order valence-corrected chi connectivity index (χ3v) is 27.4. The number of benzene rings is 18. The Labute approximate surface area is 784 Å². The van der Waals surface area contributed by atoms with E-state index < -0.39 is 78.3 Å². The van der Waals surface area contributed by atoms with E-state index in [0.717, 1.165) is 126 Å². The molecule has 2 atom stereocenters. The van der Waals surface area contributed by atoms with Gasteiger partial charge in [-0.15, -0.1) is 0 Å². The largest absolute Gasteiger partial charge is 0.456 e. The summed E-state index contributed by atoms with van der Waals surface area (Å²) >= 11 is 0. The monoisotopic (exact) mass is 1710 g/mol. The lowest BCUT2D eigenvalue weighted by Gasteiger charge is -2.46. The van der Waals surface area contributed by atoms with Crippen LogP contribution in [0.2, 0.25) is 0 Å².